The molecule has 0 saturated heterocycles. The number of nitrogens with one attached hydrogen (secondary N) is 2. The summed E-state index contributed by atoms with van der Waals surface area (Å²) < 4.78 is 10.7. The zero-order chi connectivity index (χ0) is 15.7. The van der Waals surface area contributed by atoms with E-state index in [1.165, 1.54) is 0 Å². The molecular weight excluding hydrogens is 268 g/mol. The van der Waals surface area contributed by atoms with Crippen LogP contribution in [0.1, 0.15) is 39.2 Å². The monoisotopic (exact) mass is 292 g/mol. The number of hydrogen-bond donors (Lipinski definition) is 2. The normalized spacial score (nSPS) is 16.2. The predicted octanol–water partition coefficient (Wildman–Crippen LogP) is 3.25. The number of benzene rings is 1. The van der Waals surface area contributed by atoms with Crippen molar-refractivity contribution < 1.29 is 14.3 Å². The van der Waals surface area contributed by atoms with E-state index in [9.17, 15) is 4.79 Å². The van der Waals surface area contributed by atoms with E-state index in [2.05, 4.69) is 10.6 Å². The molecule has 5 heteroatoms. The Morgan fingerprint density at radius 1 is 1.29 bits per heavy atom. The first-order valence-electron chi connectivity index (χ1n) is 7.17. The highest BCUT2D eigenvalue weighted by molar-refractivity contribution is 5.85. The lowest BCUT2D eigenvalue weighted by atomic mass is 10.0. The largest absolute Gasteiger partial charge is 0.496 e. The molecule has 0 atom stereocenters. The molecule has 1 aromatic rings. The van der Waals surface area contributed by atoms with Crippen molar-refractivity contribution >= 4 is 11.8 Å². The molecule has 1 saturated carbocycles. The van der Waals surface area contributed by atoms with E-state index in [0.29, 0.717) is 5.69 Å². The van der Waals surface area contributed by atoms with Crippen molar-refractivity contribution in [2.75, 3.05) is 19.5 Å². The second kappa shape index (κ2) is 5.56. The van der Waals surface area contributed by atoms with Gasteiger partial charge < -0.3 is 14.8 Å². The van der Waals surface area contributed by atoms with Gasteiger partial charge in [-0.25, -0.2) is 4.79 Å². The van der Waals surface area contributed by atoms with Crippen LogP contribution in [0, 0.1) is 0 Å². The van der Waals surface area contributed by atoms with Crippen molar-refractivity contribution in [2.24, 2.45) is 0 Å². The van der Waals surface area contributed by atoms with Crippen molar-refractivity contribution in [3.63, 3.8) is 0 Å². The predicted molar refractivity (Wildman–Crippen MR) is 82.8 cm³/mol. The SMILES string of the molecule is CNC1(c2ccc(NC(=O)OC(C)(C)C)cc2OC)CC1. The Labute approximate surface area is 126 Å². The van der Waals surface area contributed by atoms with Crippen LogP contribution in [0.25, 0.3) is 0 Å². The molecule has 116 valence electrons. The Morgan fingerprint density at radius 2 is 1.95 bits per heavy atom. The summed E-state index contributed by atoms with van der Waals surface area (Å²) in [6.45, 7) is 5.50. The highest BCUT2D eigenvalue weighted by Gasteiger charge is 2.44. The lowest BCUT2D eigenvalue weighted by molar-refractivity contribution is 0.0636. The van der Waals surface area contributed by atoms with Gasteiger partial charge in [-0.05, 0) is 46.7 Å². The first-order valence-corrected chi connectivity index (χ1v) is 7.17. The summed E-state index contributed by atoms with van der Waals surface area (Å²) in [5, 5.41) is 6.07. The molecular formula is C16H24N2O3. The van der Waals surface area contributed by atoms with Crippen LogP contribution in [0.4, 0.5) is 10.5 Å². The number of hydrogen-bond acceptors (Lipinski definition) is 4. The lowest BCUT2D eigenvalue weighted by Crippen LogP contribution is -2.27. The van der Waals surface area contributed by atoms with Crippen molar-refractivity contribution in [1.82, 2.24) is 5.32 Å². The number of amides is 1. The van der Waals surface area contributed by atoms with Gasteiger partial charge in [0.05, 0.1) is 7.11 Å². The summed E-state index contributed by atoms with van der Waals surface area (Å²) in [7, 11) is 3.60. The second-order valence-corrected chi connectivity index (χ2v) is 6.37. The van der Waals surface area contributed by atoms with Gasteiger partial charge in [-0.15, -0.1) is 0 Å². The van der Waals surface area contributed by atoms with Gasteiger partial charge in [-0.1, -0.05) is 6.07 Å². The molecule has 1 amide bonds. The summed E-state index contributed by atoms with van der Waals surface area (Å²) in [6.07, 6.45) is 1.73. The van der Waals surface area contributed by atoms with Crippen LogP contribution in [0.3, 0.4) is 0 Å². The third kappa shape index (κ3) is 3.67. The van der Waals surface area contributed by atoms with Gasteiger partial charge in [0.25, 0.3) is 0 Å². The van der Waals surface area contributed by atoms with Crippen molar-refractivity contribution in [3.8, 4) is 5.75 Å². The first kappa shape index (κ1) is 15.6. The summed E-state index contributed by atoms with van der Waals surface area (Å²) in [4.78, 5) is 11.8. The molecule has 0 aliphatic heterocycles. The third-order valence-electron chi connectivity index (χ3n) is 3.59. The Kier molecular flexibility index (Phi) is 4.14. The smallest absolute Gasteiger partial charge is 0.412 e. The van der Waals surface area contributed by atoms with E-state index in [4.69, 9.17) is 9.47 Å². The van der Waals surface area contributed by atoms with Gasteiger partial charge in [0.2, 0.25) is 0 Å². The number of carbonyl (C=O) groups excluding carboxylic acids is 1. The highest BCUT2D eigenvalue weighted by Crippen LogP contribution is 2.49. The molecule has 2 rings (SSSR count). The summed E-state index contributed by atoms with van der Waals surface area (Å²) in [5.74, 6) is 0.774. The molecule has 0 heterocycles. The maximum atomic E-state index is 11.8. The minimum atomic E-state index is -0.516. The van der Waals surface area contributed by atoms with Gasteiger partial charge in [0.15, 0.2) is 0 Å². The topological polar surface area (TPSA) is 59.6 Å². The maximum absolute atomic E-state index is 11.8. The Morgan fingerprint density at radius 3 is 2.43 bits per heavy atom. The van der Waals surface area contributed by atoms with Crippen LogP contribution < -0.4 is 15.4 Å². The minimum Gasteiger partial charge on any atom is -0.496 e. The molecule has 0 spiro atoms. The summed E-state index contributed by atoms with van der Waals surface area (Å²) in [5.41, 5.74) is 1.30. The average Bonchev–Trinajstić information content (AvgIpc) is 3.17. The van der Waals surface area contributed by atoms with Crippen LogP contribution in [0.5, 0.6) is 5.75 Å². The van der Waals surface area contributed by atoms with Crippen LogP contribution in [-0.4, -0.2) is 25.9 Å². The standard InChI is InChI=1S/C16H24N2O3/c1-15(2,3)21-14(19)18-11-6-7-12(13(10-11)20-5)16(17-4)8-9-16/h6-7,10,17H,8-9H2,1-5H3,(H,18,19). The molecule has 1 aliphatic carbocycles. The zero-order valence-corrected chi connectivity index (χ0v) is 13.4. The number of anilines is 1. The van der Waals surface area contributed by atoms with E-state index in [1.54, 1.807) is 7.11 Å². The van der Waals surface area contributed by atoms with Crippen LogP contribution >= 0.6 is 0 Å². The van der Waals surface area contributed by atoms with Gasteiger partial charge in [0, 0.05) is 22.9 Å². The Bertz CT molecular complexity index is 531. The molecule has 2 N–H and O–H groups in total. The van der Waals surface area contributed by atoms with Gasteiger partial charge in [0.1, 0.15) is 11.4 Å². The van der Waals surface area contributed by atoms with Crippen LogP contribution in [0.2, 0.25) is 0 Å². The van der Waals surface area contributed by atoms with Crippen LogP contribution in [-0.2, 0) is 10.3 Å². The molecule has 5 nitrogen and oxygen atoms in total. The zero-order valence-electron chi connectivity index (χ0n) is 13.4. The fraction of sp³-hybridized carbons (Fsp3) is 0.562. The average molecular weight is 292 g/mol. The van der Waals surface area contributed by atoms with Gasteiger partial charge in [-0.3, -0.25) is 5.32 Å². The number of carbonyl (C=O) groups is 1. The number of rotatable bonds is 4. The molecule has 1 aromatic carbocycles. The van der Waals surface area contributed by atoms with E-state index in [1.807, 2.05) is 46.0 Å². The highest BCUT2D eigenvalue weighted by atomic mass is 16.6. The van der Waals surface area contributed by atoms with E-state index in [0.717, 1.165) is 24.2 Å². The Hall–Kier alpha value is -1.75. The maximum Gasteiger partial charge on any atom is 0.412 e. The van der Waals surface area contributed by atoms with E-state index >= 15 is 0 Å². The van der Waals surface area contributed by atoms with Gasteiger partial charge >= 0.3 is 6.09 Å². The fourth-order valence-electron chi connectivity index (χ4n) is 2.36. The van der Waals surface area contributed by atoms with E-state index in [-0.39, 0.29) is 5.54 Å². The summed E-state index contributed by atoms with van der Waals surface area (Å²) >= 11 is 0. The van der Waals surface area contributed by atoms with Gasteiger partial charge in [-0.2, -0.15) is 0 Å². The molecule has 21 heavy (non-hydrogen) atoms. The molecule has 0 radical (unpaired) electrons. The first-order chi connectivity index (χ1) is 9.79. The van der Waals surface area contributed by atoms with Crippen molar-refractivity contribution in [3.05, 3.63) is 23.8 Å². The lowest BCUT2D eigenvalue weighted by Gasteiger charge is -2.21. The third-order valence-corrected chi connectivity index (χ3v) is 3.59. The van der Waals surface area contributed by atoms with Crippen molar-refractivity contribution in [2.45, 2.75) is 44.8 Å². The quantitative estimate of drug-likeness (QED) is 0.894. The molecule has 0 bridgehead atoms. The molecule has 1 fully saturated rings. The van der Waals surface area contributed by atoms with Crippen LogP contribution in [0.15, 0.2) is 18.2 Å². The molecule has 0 unspecified atom stereocenters. The fourth-order valence-corrected chi connectivity index (χ4v) is 2.36. The number of methoxy groups -OCH3 is 1. The van der Waals surface area contributed by atoms with E-state index < -0.39 is 11.7 Å². The van der Waals surface area contributed by atoms with Crippen molar-refractivity contribution in [1.29, 1.82) is 0 Å². The second-order valence-electron chi connectivity index (χ2n) is 6.37. The number of ether oxygens (including phenoxy) is 2. The minimum absolute atomic E-state index is 0.0236. The summed E-state index contributed by atoms with van der Waals surface area (Å²) in [6, 6.07) is 5.70. The molecule has 1 aliphatic rings. The Balaban J connectivity index is 2.14. The molecule has 0 aromatic heterocycles.